The summed E-state index contributed by atoms with van der Waals surface area (Å²) in [6.45, 7) is 8.02. The highest BCUT2D eigenvalue weighted by molar-refractivity contribution is 5.77. The van der Waals surface area contributed by atoms with Crippen LogP contribution in [0.5, 0.6) is 0 Å². The Kier molecular flexibility index (Phi) is 3.35. The first-order valence-electron chi connectivity index (χ1n) is 7.78. The average molecular weight is 250 g/mol. The summed E-state index contributed by atoms with van der Waals surface area (Å²) < 4.78 is 0. The number of fused-ring (bicyclic) bond motifs is 4. The minimum Gasteiger partial charge on any atom is -0.339 e. The van der Waals surface area contributed by atoms with E-state index in [1.807, 2.05) is 0 Å². The zero-order valence-corrected chi connectivity index (χ0v) is 11.8. The summed E-state index contributed by atoms with van der Waals surface area (Å²) >= 11 is 0. The maximum atomic E-state index is 12.1. The summed E-state index contributed by atoms with van der Waals surface area (Å²) in [5.41, 5.74) is 0. The van der Waals surface area contributed by atoms with Gasteiger partial charge in [-0.2, -0.15) is 0 Å². The predicted octanol–water partition coefficient (Wildman–Crippen LogP) is 2.12. The fraction of sp³-hybridized carbons (Fsp3) is 0.933. The number of amides is 1. The van der Waals surface area contributed by atoms with Crippen LogP contribution in [0.1, 0.15) is 46.0 Å². The number of carbonyl (C=O) groups excluding carboxylic acids is 1. The van der Waals surface area contributed by atoms with E-state index in [0.29, 0.717) is 18.0 Å². The lowest BCUT2D eigenvalue weighted by Gasteiger charge is -2.55. The molecule has 3 rings (SSSR count). The molecule has 4 atom stereocenters. The molecule has 3 saturated heterocycles. The number of likely N-dealkylation sites (tertiary alicyclic amines) is 1. The van der Waals surface area contributed by atoms with Crippen LogP contribution in [-0.4, -0.2) is 47.4 Å². The molecular formula is C15H26N2O. The molecule has 0 saturated carbocycles. The van der Waals surface area contributed by atoms with E-state index in [9.17, 15) is 4.79 Å². The normalized spacial score (nSPS) is 40.8. The summed E-state index contributed by atoms with van der Waals surface area (Å²) in [4.78, 5) is 17.0. The Bertz CT molecular complexity index is 330. The van der Waals surface area contributed by atoms with E-state index in [2.05, 4.69) is 23.6 Å². The SMILES string of the molecule is CCC1C2CC(CN1CC)C1CCCC(=O)N1C2. The van der Waals surface area contributed by atoms with Crippen LogP contribution in [-0.2, 0) is 4.79 Å². The van der Waals surface area contributed by atoms with Crippen molar-refractivity contribution in [1.82, 2.24) is 9.80 Å². The smallest absolute Gasteiger partial charge is 0.222 e. The van der Waals surface area contributed by atoms with Crippen LogP contribution < -0.4 is 0 Å². The van der Waals surface area contributed by atoms with Crippen LogP contribution in [0.15, 0.2) is 0 Å². The molecule has 0 radical (unpaired) electrons. The van der Waals surface area contributed by atoms with Gasteiger partial charge in [0.25, 0.3) is 0 Å². The first-order chi connectivity index (χ1) is 8.74. The third-order valence-corrected chi connectivity index (χ3v) is 5.50. The first-order valence-corrected chi connectivity index (χ1v) is 7.78. The predicted molar refractivity (Wildman–Crippen MR) is 72.3 cm³/mol. The third kappa shape index (κ3) is 1.87. The minimum atomic E-state index is 0.431. The summed E-state index contributed by atoms with van der Waals surface area (Å²) in [5.74, 6) is 1.91. The second-order valence-corrected chi connectivity index (χ2v) is 6.32. The van der Waals surface area contributed by atoms with Gasteiger partial charge in [-0.25, -0.2) is 0 Å². The van der Waals surface area contributed by atoms with Gasteiger partial charge in [0.2, 0.25) is 5.91 Å². The van der Waals surface area contributed by atoms with Crippen molar-refractivity contribution in [3.63, 3.8) is 0 Å². The molecule has 0 aromatic rings. The number of nitrogens with zero attached hydrogens (tertiary/aromatic N) is 2. The molecule has 3 nitrogen and oxygen atoms in total. The van der Waals surface area contributed by atoms with Gasteiger partial charge in [0.05, 0.1) is 0 Å². The van der Waals surface area contributed by atoms with Gasteiger partial charge in [-0.05, 0) is 44.1 Å². The highest BCUT2D eigenvalue weighted by Crippen LogP contribution is 2.41. The van der Waals surface area contributed by atoms with Crippen molar-refractivity contribution in [2.24, 2.45) is 11.8 Å². The van der Waals surface area contributed by atoms with Crippen LogP contribution in [0.25, 0.3) is 0 Å². The number of carbonyl (C=O) groups is 1. The molecule has 3 aliphatic rings. The second-order valence-electron chi connectivity index (χ2n) is 6.32. The molecule has 102 valence electrons. The van der Waals surface area contributed by atoms with E-state index in [1.165, 1.54) is 32.4 Å². The van der Waals surface area contributed by atoms with E-state index in [-0.39, 0.29) is 0 Å². The number of rotatable bonds is 2. The van der Waals surface area contributed by atoms with Crippen LogP contribution >= 0.6 is 0 Å². The molecule has 0 N–H and O–H groups in total. The summed E-state index contributed by atoms with van der Waals surface area (Å²) in [6.07, 6.45) is 5.76. The molecule has 3 heteroatoms. The maximum Gasteiger partial charge on any atom is 0.222 e. The maximum absolute atomic E-state index is 12.1. The molecule has 0 spiro atoms. The Morgan fingerprint density at radius 3 is 2.78 bits per heavy atom. The molecule has 2 bridgehead atoms. The molecule has 4 unspecified atom stereocenters. The van der Waals surface area contributed by atoms with E-state index < -0.39 is 0 Å². The van der Waals surface area contributed by atoms with Crippen molar-refractivity contribution in [2.45, 2.75) is 58.0 Å². The number of hydrogen-bond donors (Lipinski definition) is 0. The highest BCUT2D eigenvalue weighted by Gasteiger charge is 2.46. The largest absolute Gasteiger partial charge is 0.339 e. The topological polar surface area (TPSA) is 23.6 Å². The molecule has 0 aromatic carbocycles. The van der Waals surface area contributed by atoms with Crippen LogP contribution in [0, 0.1) is 11.8 Å². The summed E-state index contributed by atoms with van der Waals surface area (Å²) in [7, 11) is 0. The second kappa shape index (κ2) is 4.84. The summed E-state index contributed by atoms with van der Waals surface area (Å²) in [6, 6.07) is 1.27. The van der Waals surface area contributed by atoms with Crippen LogP contribution in [0.4, 0.5) is 0 Å². The fourth-order valence-electron chi connectivity index (χ4n) is 4.71. The molecule has 0 aromatic heterocycles. The molecule has 18 heavy (non-hydrogen) atoms. The van der Waals surface area contributed by atoms with E-state index in [1.54, 1.807) is 0 Å². The molecule has 1 amide bonds. The van der Waals surface area contributed by atoms with Gasteiger partial charge in [0.1, 0.15) is 0 Å². The molecule has 3 heterocycles. The molecular weight excluding hydrogens is 224 g/mol. The van der Waals surface area contributed by atoms with Crippen LogP contribution in [0.3, 0.4) is 0 Å². The van der Waals surface area contributed by atoms with Crippen molar-refractivity contribution in [2.75, 3.05) is 19.6 Å². The quantitative estimate of drug-likeness (QED) is 0.749. The van der Waals surface area contributed by atoms with Gasteiger partial charge in [0, 0.05) is 31.6 Å². The summed E-state index contributed by atoms with van der Waals surface area (Å²) in [5, 5.41) is 0. The zero-order valence-electron chi connectivity index (χ0n) is 11.8. The zero-order chi connectivity index (χ0) is 12.7. The van der Waals surface area contributed by atoms with Crippen molar-refractivity contribution in [3.8, 4) is 0 Å². The van der Waals surface area contributed by atoms with Crippen molar-refractivity contribution in [3.05, 3.63) is 0 Å². The number of hydrogen-bond acceptors (Lipinski definition) is 2. The Balaban J connectivity index is 1.82. The lowest BCUT2D eigenvalue weighted by Crippen LogP contribution is -2.63. The Hall–Kier alpha value is -0.570. The van der Waals surface area contributed by atoms with Gasteiger partial charge >= 0.3 is 0 Å². The average Bonchev–Trinajstić information content (AvgIpc) is 2.39. The van der Waals surface area contributed by atoms with Crippen molar-refractivity contribution >= 4 is 5.91 Å². The van der Waals surface area contributed by atoms with Gasteiger partial charge in [-0.15, -0.1) is 0 Å². The van der Waals surface area contributed by atoms with Crippen LogP contribution in [0.2, 0.25) is 0 Å². The molecule has 3 aliphatic heterocycles. The first kappa shape index (κ1) is 12.5. The van der Waals surface area contributed by atoms with Crippen molar-refractivity contribution < 1.29 is 4.79 Å². The lowest BCUT2D eigenvalue weighted by atomic mass is 9.72. The highest BCUT2D eigenvalue weighted by atomic mass is 16.2. The third-order valence-electron chi connectivity index (χ3n) is 5.50. The lowest BCUT2D eigenvalue weighted by molar-refractivity contribution is -0.147. The van der Waals surface area contributed by atoms with E-state index in [0.717, 1.165) is 31.2 Å². The Morgan fingerprint density at radius 1 is 1.22 bits per heavy atom. The fourth-order valence-corrected chi connectivity index (χ4v) is 4.71. The number of piperidine rings is 3. The molecule has 3 fully saturated rings. The van der Waals surface area contributed by atoms with Gasteiger partial charge in [0.15, 0.2) is 0 Å². The van der Waals surface area contributed by atoms with Gasteiger partial charge in [-0.1, -0.05) is 13.8 Å². The van der Waals surface area contributed by atoms with E-state index in [4.69, 9.17) is 0 Å². The molecule has 0 aliphatic carbocycles. The van der Waals surface area contributed by atoms with Gasteiger partial charge in [-0.3, -0.25) is 9.69 Å². The minimum absolute atomic E-state index is 0.431. The Morgan fingerprint density at radius 2 is 2.06 bits per heavy atom. The van der Waals surface area contributed by atoms with E-state index >= 15 is 0 Å². The standard InChI is InChI=1S/C15H26N2O/c1-3-13-12-8-11(9-16(13)4-2)14-6-5-7-15(18)17(14)10-12/h11-14H,3-10H2,1-2H3. The van der Waals surface area contributed by atoms with Gasteiger partial charge < -0.3 is 4.90 Å². The van der Waals surface area contributed by atoms with Crippen molar-refractivity contribution in [1.29, 1.82) is 0 Å². The monoisotopic (exact) mass is 250 g/mol. The Labute approximate surface area is 111 Å².